The van der Waals surface area contributed by atoms with E-state index < -0.39 is 42.7 Å². The zero-order chi connectivity index (χ0) is 26.5. The van der Waals surface area contributed by atoms with Gasteiger partial charge in [-0.1, -0.05) is 84.0 Å². The van der Waals surface area contributed by atoms with Crippen LogP contribution in [0.25, 0.3) is 0 Å². The van der Waals surface area contributed by atoms with Crippen LogP contribution < -0.4 is 11.1 Å². The van der Waals surface area contributed by atoms with Crippen LogP contribution in [0.1, 0.15) is 117 Å². The molecule has 1 amide bonds. The molecule has 0 aromatic rings. The van der Waals surface area contributed by atoms with Gasteiger partial charge in [0.2, 0.25) is 6.29 Å². The number of aliphatic carboxylic acids is 1. The van der Waals surface area contributed by atoms with E-state index in [2.05, 4.69) is 12.2 Å². The van der Waals surface area contributed by atoms with Gasteiger partial charge in [-0.25, -0.2) is 18.4 Å². The van der Waals surface area contributed by atoms with Gasteiger partial charge in [-0.15, -0.1) is 0 Å². The van der Waals surface area contributed by atoms with Crippen molar-refractivity contribution in [1.82, 2.24) is 5.32 Å². The number of hydrogen-bond donors (Lipinski definition) is 3. The summed E-state index contributed by atoms with van der Waals surface area (Å²) in [6, 6.07) is 0. The Morgan fingerprint density at radius 1 is 0.857 bits per heavy atom. The molecule has 2 unspecified atom stereocenters. The third-order valence-electron chi connectivity index (χ3n) is 5.88. The molecule has 0 aliphatic rings. The molecule has 0 fully saturated rings. The number of alkyl carbamates (subject to hydrolysis) is 1. The molecule has 0 saturated heterocycles. The second-order valence-electron chi connectivity index (χ2n) is 9.13. The van der Waals surface area contributed by atoms with Crippen molar-refractivity contribution in [3.8, 4) is 0 Å². The van der Waals surface area contributed by atoms with Crippen molar-refractivity contribution in [1.29, 1.82) is 0 Å². The number of unbranched alkanes of at least 4 members (excludes halogenated alkanes) is 12. The molecule has 0 heterocycles. The van der Waals surface area contributed by atoms with Crippen LogP contribution >= 0.6 is 0 Å². The van der Waals surface area contributed by atoms with Gasteiger partial charge in [-0.05, 0) is 19.3 Å². The molecule has 0 bridgehead atoms. The number of carbonyl (C=O) groups excluding carboxylic acids is 2. The second-order valence-corrected chi connectivity index (χ2v) is 9.13. The molecule has 0 aliphatic heterocycles. The topological polar surface area (TPSA) is 128 Å². The number of nitrogens with one attached hydrogen (secondary N) is 1. The highest BCUT2D eigenvalue weighted by atomic mass is 19.3. The Balaban J connectivity index is 3.71. The van der Waals surface area contributed by atoms with Crippen molar-refractivity contribution < 1.29 is 37.7 Å². The van der Waals surface area contributed by atoms with E-state index in [0.717, 1.165) is 12.8 Å². The fourth-order valence-electron chi connectivity index (χ4n) is 3.63. The van der Waals surface area contributed by atoms with Crippen LogP contribution in [-0.4, -0.2) is 47.9 Å². The highest BCUT2D eigenvalue weighted by Crippen LogP contribution is 2.19. The summed E-state index contributed by atoms with van der Waals surface area (Å²) < 4.78 is 35.5. The zero-order valence-corrected chi connectivity index (χ0v) is 21.5. The van der Waals surface area contributed by atoms with Crippen molar-refractivity contribution in [2.24, 2.45) is 5.73 Å². The van der Waals surface area contributed by atoms with E-state index in [1.54, 1.807) is 0 Å². The van der Waals surface area contributed by atoms with Gasteiger partial charge in [-0.2, -0.15) is 0 Å². The first-order chi connectivity index (χ1) is 16.6. The van der Waals surface area contributed by atoms with Gasteiger partial charge in [-0.3, -0.25) is 4.79 Å². The maximum atomic E-state index is 12.8. The first kappa shape index (κ1) is 33.0. The van der Waals surface area contributed by atoms with Gasteiger partial charge in [0.25, 0.3) is 6.43 Å². The largest absolute Gasteiger partial charge is 0.480 e. The van der Waals surface area contributed by atoms with E-state index in [1.165, 1.54) is 71.1 Å². The summed E-state index contributed by atoms with van der Waals surface area (Å²) in [7, 11) is 0. The highest BCUT2D eigenvalue weighted by Gasteiger charge is 2.43. The van der Waals surface area contributed by atoms with Crippen LogP contribution in [0.3, 0.4) is 0 Å². The smallest absolute Gasteiger partial charge is 0.410 e. The Kier molecular flexibility index (Phi) is 19.1. The van der Waals surface area contributed by atoms with E-state index in [4.69, 9.17) is 20.3 Å². The third kappa shape index (κ3) is 17.2. The number of carbonyl (C=O) groups is 3. The molecule has 10 heteroatoms. The van der Waals surface area contributed by atoms with Crippen LogP contribution in [0.2, 0.25) is 0 Å². The number of hydrogen-bond acceptors (Lipinski definition) is 6. The normalized spacial score (nSPS) is 13.8. The molecule has 2 atom stereocenters. The Bertz CT molecular complexity index is 594. The third-order valence-corrected chi connectivity index (χ3v) is 5.88. The zero-order valence-electron chi connectivity index (χ0n) is 21.5. The lowest BCUT2D eigenvalue weighted by atomic mass is 9.95. The quantitative estimate of drug-likeness (QED) is 0.0942. The first-order valence-corrected chi connectivity index (χ1v) is 13.1. The van der Waals surface area contributed by atoms with Crippen molar-refractivity contribution in [3.05, 3.63) is 0 Å². The summed E-state index contributed by atoms with van der Waals surface area (Å²) in [5.41, 5.74) is 2.53. The molecule has 0 aliphatic carbocycles. The number of carboxylic acids is 1. The summed E-state index contributed by atoms with van der Waals surface area (Å²) in [5, 5.41) is 11.1. The Morgan fingerprint density at radius 2 is 1.34 bits per heavy atom. The standard InChI is InChI=1S/C25H46F2N2O6/c1-3-4-5-6-7-8-9-10-11-12-13-14-15-17-21(30)34-20(2)35-24(33)29-19-16-18-25(28,22(26)27)23(31)32/h20,22H,3-19,28H2,1-2H3,(H,29,33)(H,31,32). The molecular formula is C25H46F2N2O6. The molecule has 4 N–H and O–H groups in total. The average molecular weight is 509 g/mol. The van der Waals surface area contributed by atoms with Gasteiger partial charge < -0.3 is 25.6 Å². The Hall–Kier alpha value is -1.97. The molecule has 0 spiro atoms. The summed E-state index contributed by atoms with van der Waals surface area (Å²) in [6.07, 6.45) is 10.1. The van der Waals surface area contributed by atoms with Gasteiger partial charge in [0.15, 0.2) is 5.54 Å². The summed E-state index contributed by atoms with van der Waals surface area (Å²) in [5.74, 6) is -2.27. The minimum atomic E-state index is -3.23. The average Bonchev–Trinajstić information content (AvgIpc) is 2.79. The monoisotopic (exact) mass is 508 g/mol. The van der Waals surface area contributed by atoms with Crippen molar-refractivity contribution >= 4 is 18.0 Å². The molecule has 0 aromatic heterocycles. The number of ether oxygens (including phenoxy) is 2. The van der Waals surface area contributed by atoms with E-state index in [1.807, 2.05) is 0 Å². The number of carboxylic acid groups (broad SMARTS) is 1. The number of esters is 1. The van der Waals surface area contributed by atoms with Gasteiger partial charge in [0, 0.05) is 19.9 Å². The maximum absolute atomic E-state index is 12.8. The maximum Gasteiger partial charge on any atom is 0.410 e. The SMILES string of the molecule is CCCCCCCCCCCCCCCC(=O)OC(C)OC(=O)NCCCC(N)(C(=O)O)C(F)F. The van der Waals surface area contributed by atoms with Crippen molar-refractivity contribution in [2.75, 3.05) is 6.54 Å². The molecule has 8 nitrogen and oxygen atoms in total. The van der Waals surface area contributed by atoms with Crippen LogP contribution in [0.15, 0.2) is 0 Å². The van der Waals surface area contributed by atoms with Gasteiger partial charge in [0.05, 0.1) is 0 Å². The summed E-state index contributed by atoms with van der Waals surface area (Å²) in [4.78, 5) is 34.4. The number of nitrogens with two attached hydrogens (primary N) is 1. The van der Waals surface area contributed by atoms with Gasteiger partial charge in [0.1, 0.15) is 0 Å². The lowest BCUT2D eigenvalue weighted by molar-refractivity contribution is -0.165. The van der Waals surface area contributed by atoms with Crippen molar-refractivity contribution in [2.45, 2.75) is 135 Å². The van der Waals surface area contributed by atoms with Crippen LogP contribution in [0, 0.1) is 0 Å². The number of rotatable bonds is 22. The number of halogens is 2. The minimum absolute atomic E-state index is 0.0878. The molecule has 0 rings (SSSR count). The molecule has 0 saturated carbocycles. The highest BCUT2D eigenvalue weighted by molar-refractivity contribution is 5.79. The molecule has 0 aromatic carbocycles. The van der Waals surface area contributed by atoms with Crippen LogP contribution in [-0.2, 0) is 19.1 Å². The number of alkyl halides is 2. The summed E-state index contributed by atoms with van der Waals surface area (Å²) >= 11 is 0. The first-order valence-electron chi connectivity index (χ1n) is 13.1. The predicted molar refractivity (Wildman–Crippen MR) is 130 cm³/mol. The number of amides is 1. The van der Waals surface area contributed by atoms with E-state index in [-0.39, 0.29) is 19.4 Å². The second kappa shape index (κ2) is 20.2. The Morgan fingerprint density at radius 3 is 1.80 bits per heavy atom. The van der Waals surface area contributed by atoms with Crippen LogP contribution in [0.4, 0.5) is 13.6 Å². The fraction of sp³-hybridized carbons (Fsp3) is 0.880. The van der Waals surface area contributed by atoms with Gasteiger partial charge >= 0.3 is 18.0 Å². The predicted octanol–water partition coefficient (Wildman–Crippen LogP) is 5.91. The fourth-order valence-corrected chi connectivity index (χ4v) is 3.63. The van der Waals surface area contributed by atoms with E-state index in [9.17, 15) is 23.2 Å². The molecule has 206 valence electrons. The minimum Gasteiger partial charge on any atom is -0.480 e. The van der Waals surface area contributed by atoms with E-state index in [0.29, 0.717) is 6.42 Å². The van der Waals surface area contributed by atoms with Crippen LogP contribution in [0.5, 0.6) is 0 Å². The Labute approximate surface area is 208 Å². The lowest BCUT2D eigenvalue weighted by Crippen LogP contribution is -2.54. The molecule has 0 radical (unpaired) electrons. The molecular weight excluding hydrogens is 462 g/mol. The van der Waals surface area contributed by atoms with Crippen molar-refractivity contribution in [3.63, 3.8) is 0 Å². The van der Waals surface area contributed by atoms with E-state index >= 15 is 0 Å². The molecule has 35 heavy (non-hydrogen) atoms. The summed E-state index contributed by atoms with van der Waals surface area (Å²) in [6.45, 7) is 3.51. The lowest BCUT2D eigenvalue weighted by Gasteiger charge is -2.23.